The summed E-state index contributed by atoms with van der Waals surface area (Å²) in [6, 6.07) is 1.43. The summed E-state index contributed by atoms with van der Waals surface area (Å²) in [5.74, 6) is 0.945. The number of methoxy groups -OCH3 is 1. The molecule has 0 aromatic carbocycles. The maximum Gasteiger partial charge on any atom is 0.0900 e. The number of hydrogen-bond acceptors (Lipinski definition) is 4. The summed E-state index contributed by atoms with van der Waals surface area (Å²) in [5, 5.41) is 13.7. The lowest BCUT2D eigenvalue weighted by Gasteiger charge is -2.37. The Morgan fingerprint density at radius 3 is 2.62 bits per heavy atom. The second kappa shape index (κ2) is 9.09. The van der Waals surface area contributed by atoms with Gasteiger partial charge in [-0.05, 0) is 44.7 Å². The second-order valence-corrected chi connectivity index (χ2v) is 6.99. The van der Waals surface area contributed by atoms with Crippen LogP contribution in [0.15, 0.2) is 0 Å². The number of likely N-dealkylation sites (tertiary alicyclic amines) is 1. The lowest BCUT2D eigenvalue weighted by molar-refractivity contribution is 0.0304. The van der Waals surface area contributed by atoms with E-state index in [1.807, 2.05) is 0 Å². The fraction of sp³-hybridized carbons (Fsp3) is 1.00. The van der Waals surface area contributed by atoms with Crippen LogP contribution in [0.4, 0.5) is 0 Å². The van der Waals surface area contributed by atoms with Crippen molar-refractivity contribution in [2.24, 2.45) is 5.92 Å². The molecule has 124 valence electrons. The topological polar surface area (TPSA) is 44.7 Å². The predicted molar refractivity (Wildman–Crippen MR) is 86.5 cm³/mol. The maximum atomic E-state index is 9.80. The number of aliphatic hydroxyl groups is 1. The van der Waals surface area contributed by atoms with E-state index in [9.17, 15) is 5.11 Å². The minimum absolute atomic E-state index is 0.344. The fourth-order valence-corrected chi connectivity index (χ4v) is 3.97. The smallest absolute Gasteiger partial charge is 0.0900 e. The molecule has 1 aliphatic carbocycles. The second-order valence-electron chi connectivity index (χ2n) is 6.99. The molecule has 2 rings (SSSR count). The molecule has 0 aromatic rings. The van der Waals surface area contributed by atoms with Gasteiger partial charge in [-0.15, -0.1) is 0 Å². The van der Waals surface area contributed by atoms with E-state index >= 15 is 0 Å². The molecule has 21 heavy (non-hydrogen) atoms. The van der Waals surface area contributed by atoms with Crippen LogP contribution in [0.25, 0.3) is 0 Å². The highest BCUT2D eigenvalue weighted by molar-refractivity contribution is 4.84. The van der Waals surface area contributed by atoms with E-state index in [1.54, 1.807) is 7.11 Å². The van der Waals surface area contributed by atoms with Gasteiger partial charge in [-0.2, -0.15) is 0 Å². The molecule has 0 radical (unpaired) electrons. The Kier molecular flexibility index (Phi) is 7.44. The largest absolute Gasteiger partial charge is 0.389 e. The van der Waals surface area contributed by atoms with Crippen molar-refractivity contribution in [2.75, 3.05) is 33.4 Å². The van der Waals surface area contributed by atoms with E-state index in [4.69, 9.17) is 4.74 Å². The van der Waals surface area contributed by atoms with Crippen LogP contribution >= 0.6 is 0 Å². The van der Waals surface area contributed by atoms with Crippen LogP contribution in [0.1, 0.15) is 51.9 Å². The van der Waals surface area contributed by atoms with Crippen molar-refractivity contribution in [3.8, 4) is 0 Å². The molecule has 4 heteroatoms. The van der Waals surface area contributed by atoms with Crippen molar-refractivity contribution in [1.29, 1.82) is 0 Å². The monoisotopic (exact) mass is 298 g/mol. The van der Waals surface area contributed by atoms with Gasteiger partial charge < -0.3 is 20.1 Å². The van der Waals surface area contributed by atoms with Crippen molar-refractivity contribution < 1.29 is 9.84 Å². The molecular weight excluding hydrogens is 264 g/mol. The molecule has 2 N–H and O–H groups in total. The Labute approximate surface area is 130 Å². The minimum Gasteiger partial charge on any atom is -0.389 e. The third-order valence-corrected chi connectivity index (χ3v) is 5.25. The molecule has 0 spiro atoms. The van der Waals surface area contributed by atoms with E-state index in [0.29, 0.717) is 12.6 Å². The molecular formula is C17H34N2O2. The molecule has 1 aliphatic heterocycles. The van der Waals surface area contributed by atoms with Gasteiger partial charge in [0, 0.05) is 25.7 Å². The SMILES string of the molecule is CCC1CCCC(NC2CCN(CC(O)COC)CC2)C1. The standard InChI is InChI=1S/C17H34N2O2/c1-3-14-5-4-6-16(11-14)18-15-7-9-19(10-8-15)12-17(20)13-21-2/h14-18,20H,3-13H2,1-2H3. The van der Waals surface area contributed by atoms with E-state index < -0.39 is 0 Å². The Bertz CT molecular complexity index is 280. The molecule has 3 atom stereocenters. The highest BCUT2D eigenvalue weighted by atomic mass is 16.5. The van der Waals surface area contributed by atoms with Gasteiger partial charge in [-0.3, -0.25) is 0 Å². The molecule has 2 aliphatic rings. The average molecular weight is 298 g/mol. The van der Waals surface area contributed by atoms with Crippen LogP contribution in [0.2, 0.25) is 0 Å². The van der Waals surface area contributed by atoms with Gasteiger partial charge in [-0.1, -0.05) is 26.2 Å². The number of ether oxygens (including phenoxy) is 1. The number of hydrogen-bond donors (Lipinski definition) is 2. The summed E-state index contributed by atoms with van der Waals surface area (Å²) in [6.07, 6.45) is 9.01. The molecule has 0 amide bonds. The molecule has 1 saturated carbocycles. The lowest BCUT2D eigenvalue weighted by atomic mass is 9.83. The molecule has 0 bridgehead atoms. The predicted octanol–water partition coefficient (Wildman–Crippen LogP) is 2.02. The summed E-state index contributed by atoms with van der Waals surface area (Å²) >= 11 is 0. The Hall–Kier alpha value is -0.160. The van der Waals surface area contributed by atoms with Crippen molar-refractivity contribution in [2.45, 2.75) is 70.1 Å². The normalized spacial score (nSPS) is 30.4. The molecule has 1 saturated heterocycles. The Morgan fingerprint density at radius 1 is 1.19 bits per heavy atom. The number of nitrogens with one attached hydrogen (secondary N) is 1. The zero-order valence-electron chi connectivity index (χ0n) is 13.9. The Balaban J connectivity index is 1.64. The van der Waals surface area contributed by atoms with E-state index in [2.05, 4.69) is 17.1 Å². The van der Waals surface area contributed by atoms with Gasteiger partial charge in [0.1, 0.15) is 0 Å². The Morgan fingerprint density at radius 2 is 1.95 bits per heavy atom. The first-order chi connectivity index (χ1) is 10.2. The van der Waals surface area contributed by atoms with Crippen LogP contribution in [-0.2, 0) is 4.74 Å². The number of rotatable bonds is 7. The van der Waals surface area contributed by atoms with Crippen LogP contribution in [0, 0.1) is 5.92 Å². The van der Waals surface area contributed by atoms with Gasteiger partial charge in [0.25, 0.3) is 0 Å². The minimum atomic E-state index is -0.344. The van der Waals surface area contributed by atoms with Crippen LogP contribution in [0.5, 0.6) is 0 Å². The molecule has 4 nitrogen and oxygen atoms in total. The quantitative estimate of drug-likeness (QED) is 0.755. The van der Waals surface area contributed by atoms with Crippen molar-refractivity contribution in [3.05, 3.63) is 0 Å². The number of aliphatic hydroxyl groups excluding tert-OH is 1. The van der Waals surface area contributed by atoms with Crippen LogP contribution in [-0.4, -0.2) is 61.5 Å². The maximum absolute atomic E-state index is 9.80. The molecule has 2 fully saturated rings. The van der Waals surface area contributed by atoms with Crippen LogP contribution < -0.4 is 5.32 Å². The number of nitrogens with zero attached hydrogens (tertiary/aromatic N) is 1. The van der Waals surface area contributed by atoms with Gasteiger partial charge in [0.2, 0.25) is 0 Å². The van der Waals surface area contributed by atoms with Gasteiger partial charge in [0.15, 0.2) is 0 Å². The highest BCUT2D eigenvalue weighted by Crippen LogP contribution is 2.27. The summed E-state index contributed by atoms with van der Waals surface area (Å²) in [5.41, 5.74) is 0. The first kappa shape index (κ1) is 17.2. The van der Waals surface area contributed by atoms with Crippen LogP contribution in [0.3, 0.4) is 0 Å². The van der Waals surface area contributed by atoms with Gasteiger partial charge in [-0.25, -0.2) is 0 Å². The third-order valence-electron chi connectivity index (χ3n) is 5.25. The van der Waals surface area contributed by atoms with E-state index in [-0.39, 0.29) is 6.10 Å². The molecule has 3 unspecified atom stereocenters. The first-order valence-corrected chi connectivity index (χ1v) is 8.86. The third kappa shape index (κ3) is 5.85. The van der Waals surface area contributed by atoms with Gasteiger partial charge >= 0.3 is 0 Å². The summed E-state index contributed by atoms with van der Waals surface area (Å²) in [6.45, 7) is 5.72. The van der Waals surface area contributed by atoms with E-state index in [1.165, 1.54) is 44.9 Å². The zero-order chi connectivity index (χ0) is 15.1. The van der Waals surface area contributed by atoms with Gasteiger partial charge in [0.05, 0.1) is 12.7 Å². The summed E-state index contributed by atoms with van der Waals surface area (Å²) in [4.78, 5) is 2.37. The highest BCUT2D eigenvalue weighted by Gasteiger charge is 2.26. The summed E-state index contributed by atoms with van der Waals surface area (Å²) in [7, 11) is 1.65. The number of piperidine rings is 1. The molecule has 1 heterocycles. The first-order valence-electron chi connectivity index (χ1n) is 8.86. The number of β-amino-alcohol motifs (C(OH)–C–C–N with tert-alkyl or cyclic N) is 1. The van der Waals surface area contributed by atoms with E-state index in [0.717, 1.165) is 31.6 Å². The molecule has 0 aromatic heterocycles. The van der Waals surface area contributed by atoms with Crippen molar-refractivity contribution in [1.82, 2.24) is 10.2 Å². The fourth-order valence-electron chi connectivity index (χ4n) is 3.97. The average Bonchev–Trinajstić information content (AvgIpc) is 2.50. The van der Waals surface area contributed by atoms with Crippen molar-refractivity contribution in [3.63, 3.8) is 0 Å². The summed E-state index contributed by atoms with van der Waals surface area (Å²) < 4.78 is 5.00. The van der Waals surface area contributed by atoms with Crippen molar-refractivity contribution >= 4 is 0 Å². The zero-order valence-corrected chi connectivity index (χ0v) is 13.9. The lowest BCUT2D eigenvalue weighted by Crippen LogP contribution is -2.49.